The maximum absolute atomic E-state index is 5.10. The fraction of sp³-hybridized carbons (Fsp3) is 0.0179. The van der Waals surface area contributed by atoms with Crippen molar-refractivity contribution < 1.29 is 0 Å². The van der Waals surface area contributed by atoms with Gasteiger partial charge in [0, 0.05) is 34.4 Å². The van der Waals surface area contributed by atoms with Crippen molar-refractivity contribution in [3.8, 4) is 56.4 Å². The average Bonchev–Trinajstić information content (AvgIpc) is 3.34. The summed E-state index contributed by atoms with van der Waals surface area (Å²) in [4.78, 5) is 15.1. The molecule has 1 aromatic heterocycles. The van der Waals surface area contributed by atoms with Gasteiger partial charge in [0.25, 0.3) is 0 Å². The van der Waals surface area contributed by atoms with Crippen molar-refractivity contribution in [1.29, 1.82) is 0 Å². The maximum Gasteiger partial charge on any atom is 0.164 e. The van der Waals surface area contributed by atoms with Gasteiger partial charge in [-0.2, -0.15) is 0 Å². The molecule has 0 unspecified atom stereocenters. The molecule has 8 aromatic carbocycles. The van der Waals surface area contributed by atoms with Gasteiger partial charge in [0.2, 0.25) is 0 Å². The second-order valence-corrected chi connectivity index (χ2v) is 14.9. The van der Waals surface area contributed by atoms with Crippen molar-refractivity contribution in [2.45, 2.75) is 6.42 Å². The Bertz CT molecular complexity index is 2980. The molecule has 1 aliphatic rings. The number of aromatic nitrogens is 3. The van der Waals surface area contributed by atoms with Gasteiger partial charge >= 0.3 is 0 Å². The summed E-state index contributed by atoms with van der Waals surface area (Å²) in [5.74, 6) is 1.89. The molecule has 0 saturated heterocycles. The van der Waals surface area contributed by atoms with Crippen molar-refractivity contribution in [3.05, 3.63) is 246 Å². The molecule has 60 heavy (non-hydrogen) atoms. The van der Waals surface area contributed by atoms with Crippen molar-refractivity contribution >= 4 is 23.0 Å². The first kappa shape index (κ1) is 36.4. The van der Waals surface area contributed by atoms with Crippen molar-refractivity contribution in [2.75, 3.05) is 0 Å². The van der Waals surface area contributed by atoms with Gasteiger partial charge in [-0.3, -0.25) is 0 Å². The van der Waals surface area contributed by atoms with Crippen LogP contribution in [-0.4, -0.2) is 15.0 Å². The number of rotatable bonds is 9. The van der Waals surface area contributed by atoms with E-state index < -0.39 is 0 Å². The van der Waals surface area contributed by atoms with E-state index in [4.69, 9.17) is 15.0 Å². The van der Waals surface area contributed by atoms with Gasteiger partial charge in [-0.15, -0.1) is 0 Å². The normalized spacial score (nSPS) is 12.8. The summed E-state index contributed by atoms with van der Waals surface area (Å²) >= 11 is 0. The highest BCUT2D eigenvalue weighted by atomic mass is 15.0. The van der Waals surface area contributed by atoms with E-state index in [1.54, 1.807) is 0 Å². The molecular weight excluding hydrogens is 729 g/mol. The molecule has 4 nitrogen and oxygen atoms in total. The topological polar surface area (TPSA) is 50.7 Å². The lowest BCUT2D eigenvalue weighted by atomic mass is 9.87. The lowest BCUT2D eigenvalue weighted by Gasteiger charge is -2.26. The molecule has 2 heterocycles. The smallest absolute Gasteiger partial charge is 0.164 e. The zero-order chi connectivity index (χ0) is 40.1. The first-order chi connectivity index (χ1) is 29.7. The molecule has 0 aliphatic carbocycles. The predicted molar refractivity (Wildman–Crippen MR) is 248 cm³/mol. The standard InChI is InChI=1S/C56H40N4/c1-6-17-39(18-7-1)35-51(42-21-10-3-11-22-42)53-50-34-33-47(37-49(50)38-52(57-53)43-23-12-4-13-24-43)46-27-16-28-48(36-46)56-59-54(44-25-14-5-15-26-44)58-55(60-56)45-31-29-41(30-32-45)40-19-8-2-9-20-40/h1-34,36-38,57H,35H2/b53-51+. The molecule has 1 N–H and O–H groups in total. The van der Waals surface area contributed by atoms with Gasteiger partial charge in [-0.1, -0.05) is 206 Å². The molecule has 0 radical (unpaired) electrons. The molecule has 9 aromatic rings. The van der Waals surface area contributed by atoms with Crippen LogP contribution in [0.15, 0.2) is 218 Å². The van der Waals surface area contributed by atoms with Gasteiger partial charge < -0.3 is 5.32 Å². The Morgan fingerprint density at radius 3 is 1.47 bits per heavy atom. The minimum absolute atomic E-state index is 0.625. The van der Waals surface area contributed by atoms with Crippen molar-refractivity contribution in [3.63, 3.8) is 0 Å². The van der Waals surface area contributed by atoms with Crippen LogP contribution in [0.2, 0.25) is 0 Å². The quantitative estimate of drug-likeness (QED) is 0.159. The van der Waals surface area contributed by atoms with Gasteiger partial charge in [0.1, 0.15) is 0 Å². The summed E-state index contributed by atoms with van der Waals surface area (Å²) in [5, 5.41) is 3.90. The molecule has 0 spiro atoms. The Hall–Kier alpha value is -7.95. The van der Waals surface area contributed by atoms with Gasteiger partial charge in [0.15, 0.2) is 17.5 Å². The molecule has 4 heteroatoms. The molecule has 284 valence electrons. The highest BCUT2D eigenvalue weighted by Crippen LogP contribution is 2.39. The largest absolute Gasteiger partial charge is 0.354 e. The number of hydrogen-bond acceptors (Lipinski definition) is 4. The van der Waals surface area contributed by atoms with Crippen LogP contribution in [0.4, 0.5) is 0 Å². The molecule has 0 atom stereocenters. The fourth-order valence-electron chi connectivity index (χ4n) is 7.90. The molecule has 0 bridgehead atoms. The van der Waals surface area contributed by atoms with Crippen molar-refractivity contribution in [1.82, 2.24) is 20.3 Å². The monoisotopic (exact) mass is 768 g/mol. The van der Waals surface area contributed by atoms with E-state index in [0.717, 1.165) is 67.9 Å². The van der Waals surface area contributed by atoms with Crippen LogP contribution >= 0.6 is 0 Å². The van der Waals surface area contributed by atoms with Crippen molar-refractivity contribution in [2.24, 2.45) is 0 Å². The minimum atomic E-state index is 0.625. The Balaban J connectivity index is 1.07. The second-order valence-electron chi connectivity index (χ2n) is 14.9. The van der Waals surface area contributed by atoms with Gasteiger partial charge in [0.05, 0.1) is 5.70 Å². The number of nitrogens with one attached hydrogen (secondary N) is 1. The molecule has 1 aliphatic heterocycles. The molecule has 10 rings (SSSR count). The summed E-state index contributed by atoms with van der Waals surface area (Å²) in [5.41, 5.74) is 16.6. The van der Waals surface area contributed by atoms with E-state index in [2.05, 4.69) is 193 Å². The van der Waals surface area contributed by atoms with Crippen LogP contribution in [0.25, 0.3) is 79.5 Å². The zero-order valence-electron chi connectivity index (χ0n) is 32.9. The first-order valence-corrected chi connectivity index (χ1v) is 20.3. The van der Waals surface area contributed by atoms with E-state index >= 15 is 0 Å². The number of fused-ring (bicyclic) bond motifs is 1. The average molecular weight is 769 g/mol. The van der Waals surface area contributed by atoms with Gasteiger partial charge in [-0.25, -0.2) is 15.0 Å². The van der Waals surface area contributed by atoms with Crippen LogP contribution in [0.3, 0.4) is 0 Å². The van der Waals surface area contributed by atoms with Crippen LogP contribution < -0.4 is 5.32 Å². The van der Waals surface area contributed by atoms with Crippen LogP contribution in [-0.2, 0) is 6.42 Å². The first-order valence-electron chi connectivity index (χ1n) is 20.3. The predicted octanol–water partition coefficient (Wildman–Crippen LogP) is 13.4. The number of allylic oxidation sites excluding steroid dienone is 1. The van der Waals surface area contributed by atoms with Gasteiger partial charge in [-0.05, 0) is 68.3 Å². The highest BCUT2D eigenvalue weighted by molar-refractivity contribution is 6.02. The second kappa shape index (κ2) is 16.5. The van der Waals surface area contributed by atoms with E-state index in [0.29, 0.717) is 17.5 Å². The molecule has 0 fully saturated rings. The number of hydrogen-bond donors (Lipinski definition) is 1. The minimum Gasteiger partial charge on any atom is -0.354 e. The molecular formula is C56H40N4. The van der Waals surface area contributed by atoms with E-state index in [1.165, 1.54) is 22.3 Å². The molecule has 0 amide bonds. The Kier molecular flexibility index (Phi) is 10.0. The summed E-state index contributed by atoms with van der Waals surface area (Å²) in [6.45, 7) is 0. The zero-order valence-corrected chi connectivity index (χ0v) is 32.9. The number of benzene rings is 8. The third-order valence-electron chi connectivity index (χ3n) is 11.0. The maximum atomic E-state index is 5.10. The summed E-state index contributed by atoms with van der Waals surface area (Å²) in [6, 6.07) is 76.4. The van der Waals surface area contributed by atoms with Crippen LogP contribution in [0.1, 0.15) is 27.8 Å². The SMILES string of the molecule is C1=C(c2ccccc2)N/C(=C(\Cc2ccccc2)c2ccccc2)c2ccc(-c3cccc(-c4nc(-c5ccccc5)nc(-c5ccc(-c6ccccc6)cc5)n4)c3)cc21. The molecule has 0 saturated carbocycles. The van der Waals surface area contributed by atoms with Crippen LogP contribution in [0, 0.1) is 0 Å². The lowest BCUT2D eigenvalue weighted by molar-refractivity contribution is 1.07. The Morgan fingerprint density at radius 2 is 0.817 bits per heavy atom. The highest BCUT2D eigenvalue weighted by Gasteiger charge is 2.22. The van der Waals surface area contributed by atoms with Crippen LogP contribution in [0.5, 0.6) is 0 Å². The summed E-state index contributed by atoms with van der Waals surface area (Å²) < 4.78 is 0. The fourth-order valence-corrected chi connectivity index (χ4v) is 7.90. The van der Waals surface area contributed by atoms with E-state index in [1.807, 2.05) is 36.4 Å². The summed E-state index contributed by atoms with van der Waals surface area (Å²) in [7, 11) is 0. The number of nitrogens with zero attached hydrogens (tertiary/aromatic N) is 3. The third-order valence-corrected chi connectivity index (χ3v) is 11.0. The lowest BCUT2D eigenvalue weighted by Crippen LogP contribution is -2.18. The third kappa shape index (κ3) is 7.70. The van der Waals surface area contributed by atoms with E-state index in [9.17, 15) is 0 Å². The summed E-state index contributed by atoms with van der Waals surface area (Å²) in [6.07, 6.45) is 3.06. The Labute approximate surface area is 351 Å². The Morgan fingerprint density at radius 1 is 0.367 bits per heavy atom. The van der Waals surface area contributed by atoms with E-state index in [-0.39, 0.29) is 0 Å².